The maximum absolute atomic E-state index is 12.6. The van der Waals surface area contributed by atoms with E-state index in [1.807, 2.05) is 27.0 Å². The van der Waals surface area contributed by atoms with E-state index in [0.717, 1.165) is 19.3 Å². The largest absolute Gasteiger partial charge is 0.442 e. The zero-order chi connectivity index (χ0) is 17.5. The minimum Gasteiger partial charge on any atom is -0.442 e. The molecule has 0 bridgehead atoms. The minimum absolute atomic E-state index is 0.135. The van der Waals surface area contributed by atoms with Gasteiger partial charge in [-0.25, -0.2) is 4.79 Å². The summed E-state index contributed by atoms with van der Waals surface area (Å²) in [7, 11) is 0. The Hall–Kier alpha value is -1.32. The summed E-state index contributed by atoms with van der Waals surface area (Å²) in [5.74, 6) is 0.922. The summed E-state index contributed by atoms with van der Waals surface area (Å²) in [6, 6.07) is -0.135. The summed E-state index contributed by atoms with van der Waals surface area (Å²) in [5, 5.41) is 6.00. The molecule has 0 aromatic carbocycles. The van der Waals surface area contributed by atoms with E-state index in [0.29, 0.717) is 11.8 Å². The van der Waals surface area contributed by atoms with Crippen LogP contribution in [0, 0.1) is 11.8 Å². The fraction of sp³-hybridized carbons (Fsp3) is 0.789. The fourth-order valence-electron chi connectivity index (χ4n) is 2.81. The van der Waals surface area contributed by atoms with E-state index in [1.54, 1.807) is 6.08 Å². The highest BCUT2D eigenvalue weighted by Crippen LogP contribution is 2.23. The molecule has 0 spiro atoms. The van der Waals surface area contributed by atoms with Gasteiger partial charge in [-0.1, -0.05) is 39.2 Å². The van der Waals surface area contributed by atoms with E-state index in [4.69, 9.17) is 4.74 Å². The normalized spacial score (nSPS) is 18.2. The molecule has 1 saturated carbocycles. The van der Waals surface area contributed by atoms with E-state index in [-0.39, 0.29) is 6.04 Å². The molecule has 1 amide bonds. The average molecular weight is 322 g/mol. The van der Waals surface area contributed by atoms with Gasteiger partial charge < -0.3 is 4.74 Å². The van der Waals surface area contributed by atoms with Gasteiger partial charge in [0, 0.05) is 6.21 Å². The Morgan fingerprint density at radius 1 is 1.30 bits per heavy atom. The van der Waals surface area contributed by atoms with Gasteiger partial charge in [0.2, 0.25) is 0 Å². The van der Waals surface area contributed by atoms with Crippen LogP contribution in [-0.2, 0) is 4.74 Å². The first kappa shape index (κ1) is 19.7. The van der Waals surface area contributed by atoms with Crippen molar-refractivity contribution < 1.29 is 9.53 Å². The maximum Gasteiger partial charge on any atom is 0.431 e. The van der Waals surface area contributed by atoms with Gasteiger partial charge in [-0.15, -0.1) is 6.58 Å². The van der Waals surface area contributed by atoms with Crippen molar-refractivity contribution >= 4 is 12.3 Å². The third-order valence-corrected chi connectivity index (χ3v) is 3.93. The van der Waals surface area contributed by atoms with Crippen molar-refractivity contribution in [2.45, 2.75) is 84.8 Å². The van der Waals surface area contributed by atoms with Gasteiger partial charge in [0.1, 0.15) is 5.60 Å². The summed E-state index contributed by atoms with van der Waals surface area (Å²) in [4.78, 5) is 12.6. The van der Waals surface area contributed by atoms with Crippen molar-refractivity contribution in [3.63, 3.8) is 0 Å². The second kappa shape index (κ2) is 9.09. The van der Waals surface area contributed by atoms with Crippen molar-refractivity contribution in [3.8, 4) is 0 Å². The fourth-order valence-corrected chi connectivity index (χ4v) is 2.81. The predicted octanol–water partition coefficient (Wildman–Crippen LogP) is 5.39. The molecule has 0 aromatic heterocycles. The minimum atomic E-state index is -0.529. The first-order valence-corrected chi connectivity index (χ1v) is 8.91. The summed E-state index contributed by atoms with van der Waals surface area (Å²) >= 11 is 0. The van der Waals surface area contributed by atoms with Crippen LogP contribution in [0.5, 0.6) is 0 Å². The van der Waals surface area contributed by atoms with E-state index >= 15 is 0 Å². The van der Waals surface area contributed by atoms with Gasteiger partial charge in [-0.2, -0.15) is 10.1 Å². The Bertz CT molecular complexity index is 404. The Kier molecular flexibility index (Phi) is 7.80. The first-order chi connectivity index (χ1) is 10.7. The predicted molar refractivity (Wildman–Crippen MR) is 96.6 cm³/mol. The van der Waals surface area contributed by atoms with Crippen molar-refractivity contribution in [2.75, 3.05) is 0 Å². The quantitative estimate of drug-likeness (QED) is 0.374. The van der Waals surface area contributed by atoms with Crippen LogP contribution in [0.1, 0.15) is 73.1 Å². The number of nitrogens with zero attached hydrogens (tertiary/aromatic N) is 2. The lowest BCUT2D eigenvalue weighted by Crippen LogP contribution is -2.40. The first-order valence-electron chi connectivity index (χ1n) is 8.91. The molecule has 1 fully saturated rings. The van der Waals surface area contributed by atoms with Crippen LogP contribution < -0.4 is 0 Å². The van der Waals surface area contributed by atoms with E-state index < -0.39 is 11.7 Å². The second-order valence-electron chi connectivity index (χ2n) is 7.92. The van der Waals surface area contributed by atoms with Crippen LogP contribution in [0.2, 0.25) is 0 Å². The lowest BCUT2D eigenvalue weighted by atomic mass is 9.90. The summed E-state index contributed by atoms with van der Waals surface area (Å²) < 4.78 is 5.53. The maximum atomic E-state index is 12.6. The standard InChI is InChI=1S/C19H34N2O2/c1-7-17(13-15(2)3)21(18(22)23-19(4,5)6)20-14-16-11-9-8-10-12-16/h7,14-17H,1,8-13H2,2-6H3/b20-14+. The van der Waals surface area contributed by atoms with Crippen LogP contribution >= 0.6 is 0 Å². The molecule has 0 heterocycles. The Labute approximate surface area is 142 Å². The van der Waals surface area contributed by atoms with Crippen molar-refractivity contribution in [2.24, 2.45) is 16.9 Å². The van der Waals surface area contributed by atoms with Crippen LogP contribution in [0.15, 0.2) is 17.8 Å². The van der Waals surface area contributed by atoms with Crippen LogP contribution in [-0.4, -0.2) is 29.0 Å². The van der Waals surface area contributed by atoms with Gasteiger partial charge in [0.05, 0.1) is 6.04 Å². The van der Waals surface area contributed by atoms with Gasteiger partial charge in [0.25, 0.3) is 0 Å². The number of amides is 1. The van der Waals surface area contributed by atoms with E-state index in [1.165, 1.54) is 24.3 Å². The third kappa shape index (κ3) is 7.67. The highest BCUT2D eigenvalue weighted by Gasteiger charge is 2.27. The van der Waals surface area contributed by atoms with Gasteiger partial charge in [0.15, 0.2) is 0 Å². The number of hydrazone groups is 1. The molecule has 0 aromatic rings. The Morgan fingerprint density at radius 2 is 1.91 bits per heavy atom. The molecule has 0 saturated heterocycles. The van der Waals surface area contributed by atoms with E-state index in [2.05, 4.69) is 25.5 Å². The van der Waals surface area contributed by atoms with Crippen LogP contribution in [0.25, 0.3) is 0 Å². The molecule has 4 heteroatoms. The molecule has 4 nitrogen and oxygen atoms in total. The zero-order valence-corrected chi connectivity index (χ0v) is 15.5. The SMILES string of the molecule is C=CC(CC(C)C)N(/N=C/C1CCCCC1)C(=O)OC(C)(C)C. The number of hydrogen-bond donors (Lipinski definition) is 0. The molecule has 0 N–H and O–H groups in total. The Balaban J connectivity index is 2.87. The summed E-state index contributed by atoms with van der Waals surface area (Å²) in [6.45, 7) is 13.8. The van der Waals surface area contributed by atoms with Crippen molar-refractivity contribution in [1.82, 2.24) is 5.01 Å². The molecule has 23 heavy (non-hydrogen) atoms. The average Bonchev–Trinajstić information content (AvgIpc) is 2.45. The number of rotatable bonds is 6. The molecule has 1 atom stereocenters. The summed E-state index contributed by atoms with van der Waals surface area (Å²) in [5.41, 5.74) is -0.529. The molecular formula is C19H34N2O2. The number of carbonyl (C=O) groups excluding carboxylic acids is 1. The second-order valence-corrected chi connectivity index (χ2v) is 7.92. The topological polar surface area (TPSA) is 41.9 Å². The molecule has 0 radical (unpaired) electrons. The lowest BCUT2D eigenvalue weighted by Gasteiger charge is -2.29. The smallest absolute Gasteiger partial charge is 0.431 e. The molecular weight excluding hydrogens is 288 g/mol. The lowest BCUT2D eigenvalue weighted by molar-refractivity contribution is 0.0190. The molecule has 1 unspecified atom stereocenters. The zero-order valence-electron chi connectivity index (χ0n) is 15.5. The highest BCUT2D eigenvalue weighted by molar-refractivity contribution is 5.71. The molecule has 1 aliphatic carbocycles. The van der Waals surface area contributed by atoms with E-state index in [9.17, 15) is 4.79 Å². The highest BCUT2D eigenvalue weighted by atomic mass is 16.6. The van der Waals surface area contributed by atoms with Gasteiger partial charge in [-0.3, -0.25) is 0 Å². The van der Waals surface area contributed by atoms with Crippen molar-refractivity contribution in [1.29, 1.82) is 0 Å². The monoisotopic (exact) mass is 322 g/mol. The van der Waals surface area contributed by atoms with Crippen LogP contribution in [0.3, 0.4) is 0 Å². The molecule has 132 valence electrons. The Morgan fingerprint density at radius 3 is 2.39 bits per heavy atom. The number of ether oxygens (including phenoxy) is 1. The van der Waals surface area contributed by atoms with Crippen LogP contribution in [0.4, 0.5) is 4.79 Å². The van der Waals surface area contributed by atoms with Gasteiger partial charge >= 0.3 is 6.09 Å². The summed E-state index contributed by atoms with van der Waals surface area (Å²) in [6.07, 6.45) is 10.3. The third-order valence-electron chi connectivity index (χ3n) is 3.93. The number of hydrogen-bond acceptors (Lipinski definition) is 3. The van der Waals surface area contributed by atoms with Crippen molar-refractivity contribution in [3.05, 3.63) is 12.7 Å². The molecule has 1 rings (SSSR count). The van der Waals surface area contributed by atoms with Gasteiger partial charge in [-0.05, 0) is 51.9 Å². The molecule has 1 aliphatic rings. The number of carbonyl (C=O) groups is 1. The molecule has 0 aliphatic heterocycles.